The Balaban J connectivity index is -0.0000000420. The summed E-state index contributed by atoms with van der Waals surface area (Å²) in [5, 5.41) is 15.6. The highest BCUT2D eigenvalue weighted by molar-refractivity contribution is 5.54. The Hall–Kier alpha value is -1.97. The number of hydrogen-bond donors (Lipinski definition) is 2. The van der Waals surface area contributed by atoms with Gasteiger partial charge in [0.15, 0.2) is 0 Å². The zero-order valence-electron chi connectivity index (χ0n) is 22.1. The van der Waals surface area contributed by atoms with Crippen molar-refractivity contribution in [3.63, 3.8) is 0 Å². The molecule has 0 aliphatic carbocycles. The maximum Gasteiger partial charge on any atom is 0.148 e. The fraction of sp³-hybridized carbons (Fsp3) is 0.519. The minimum Gasteiger partial charge on any atom is -0.397 e. The van der Waals surface area contributed by atoms with Crippen LogP contribution in [0.4, 0.5) is 0 Å². The second kappa shape index (κ2) is 81.1. The Kier molecular flexibility index (Phi) is 125. The predicted molar refractivity (Wildman–Crippen MR) is 140 cm³/mol. The molecule has 0 aromatic heterocycles. The fourth-order valence-corrected chi connectivity index (χ4v) is 0.770. The molecule has 30 heavy (non-hydrogen) atoms. The highest BCUT2D eigenvalue weighted by Gasteiger charge is 1.81. The van der Waals surface area contributed by atoms with Gasteiger partial charge < -0.3 is 15.0 Å². The van der Waals surface area contributed by atoms with Crippen LogP contribution in [-0.4, -0.2) is 29.2 Å². The van der Waals surface area contributed by atoms with E-state index in [0.717, 1.165) is 0 Å². The summed E-state index contributed by atoms with van der Waals surface area (Å²) < 4.78 is 0. The summed E-state index contributed by atoms with van der Waals surface area (Å²) in [6, 6.07) is 24.0. The van der Waals surface area contributed by atoms with Gasteiger partial charge in [-0.2, -0.15) is 0 Å². The second-order valence-corrected chi connectivity index (χ2v) is 3.50. The maximum absolute atomic E-state index is 9.25. The van der Waals surface area contributed by atoms with Crippen molar-refractivity contribution in [2.45, 2.75) is 89.2 Å². The molecule has 0 fully saturated rings. The Bertz CT molecular complexity index is 277. The van der Waals surface area contributed by atoms with E-state index < -0.39 is 6.10 Å². The topological polar surface area (TPSA) is 57.5 Å². The molecule has 2 aromatic carbocycles. The molecule has 1 unspecified atom stereocenters. The van der Waals surface area contributed by atoms with Crippen LogP contribution in [0.25, 0.3) is 0 Å². The van der Waals surface area contributed by atoms with Crippen LogP contribution in [0, 0.1) is 0 Å². The van der Waals surface area contributed by atoms with Gasteiger partial charge in [-0.25, -0.2) is 0 Å². The van der Waals surface area contributed by atoms with Crippen LogP contribution in [0.15, 0.2) is 72.8 Å². The average molecular weight is 427 g/mol. The first-order valence-corrected chi connectivity index (χ1v) is 11.4. The summed E-state index contributed by atoms with van der Waals surface area (Å²) in [7, 11) is 0. The lowest BCUT2D eigenvalue weighted by Gasteiger charge is -1.79. The first-order chi connectivity index (χ1) is 14.7. The number of hydrogen-bond acceptors (Lipinski definition) is 3. The van der Waals surface area contributed by atoms with Gasteiger partial charge in [-0.1, -0.05) is 142 Å². The van der Waals surface area contributed by atoms with Gasteiger partial charge in [0, 0.05) is 6.61 Å². The van der Waals surface area contributed by atoms with E-state index in [1.807, 2.05) is 142 Å². The van der Waals surface area contributed by atoms with Gasteiger partial charge in [-0.05, 0) is 13.8 Å². The highest BCUT2D eigenvalue weighted by atomic mass is 16.3. The number of aliphatic hydroxyl groups is 2. The van der Waals surface area contributed by atoms with E-state index in [2.05, 4.69) is 0 Å². The van der Waals surface area contributed by atoms with Gasteiger partial charge in [0.1, 0.15) is 12.4 Å². The van der Waals surface area contributed by atoms with E-state index in [0.29, 0.717) is 6.29 Å². The molecule has 0 spiro atoms. The van der Waals surface area contributed by atoms with E-state index in [4.69, 9.17) is 10.2 Å². The third kappa shape index (κ3) is 113. The Morgan fingerprint density at radius 2 is 0.633 bits per heavy atom. The standard InChI is InChI=1S/2C6H6.C3H6O2.C2H6O.5C2H6/c2*1-2-4-6-5-3-1;1-3(5)2-4;1-2-3;5*1-2/h2*1-6H;2-3,5H,1H3;3H,2H2,1H3;5*1-2H3. The van der Waals surface area contributed by atoms with Crippen molar-refractivity contribution in [2.24, 2.45) is 0 Å². The van der Waals surface area contributed by atoms with E-state index in [9.17, 15) is 4.79 Å². The summed E-state index contributed by atoms with van der Waals surface area (Å²) in [6.07, 6.45) is -0.324. The summed E-state index contributed by atoms with van der Waals surface area (Å²) in [5.74, 6) is 0. The number of aliphatic hydroxyl groups excluding tert-OH is 2. The predicted octanol–water partition coefficient (Wildman–Crippen LogP) is 8.07. The van der Waals surface area contributed by atoms with Crippen LogP contribution < -0.4 is 0 Å². The molecule has 0 bridgehead atoms. The molecule has 0 amide bonds. The zero-order valence-corrected chi connectivity index (χ0v) is 22.1. The van der Waals surface area contributed by atoms with Crippen molar-refractivity contribution in [3.05, 3.63) is 72.8 Å². The molecule has 2 N–H and O–H groups in total. The van der Waals surface area contributed by atoms with Crippen molar-refractivity contribution < 1.29 is 15.0 Å². The largest absolute Gasteiger partial charge is 0.397 e. The SMILES string of the molecule is CC.CC.CC.CC.CC.CC(O)C=O.CCO.c1ccccc1.c1ccccc1. The lowest BCUT2D eigenvalue weighted by atomic mass is 10.4. The van der Waals surface area contributed by atoms with Gasteiger partial charge in [0.2, 0.25) is 0 Å². The molecule has 3 heteroatoms. The number of benzene rings is 2. The number of carbonyl (C=O) groups is 1. The minimum absolute atomic E-state index is 0.250. The molecule has 0 saturated heterocycles. The van der Waals surface area contributed by atoms with Gasteiger partial charge in [-0.15, -0.1) is 0 Å². The van der Waals surface area contributed by atoms with E-state index >= 15 is 0 Å². The first kappa shape index (κ1) is 46.3. The van der Waals surface area contributed by atoms with Gasteiger partial charge in [0.05, 0.1) is 0 Å². The Labute approximate surface area is 190 Å². The van der Waals surface area contributed by atoms with Crippen molar-refractivity contribution in [2.75, 3.05) is 6.61 Å². The molecule has 180 valence electrons. The molecule has 0 saturated carbocycles. The monoisotopic (exact) mass is 426 g/mol. The third-order valence-corrected chi connectivity index (χ3v) is 1.53. The molecule has 0 heterocycles. The van der Waals surface area contributed by atoms with Crippen molar-refractivity contribution in [1.29, 1.82) is 0 Å². The zero-order chi connectivity index (χ0) is 25.5. The van der Waals surface area contributed by atoms with Crippen LogP contribution in [0.3, 0.4) is 0 Å². The van der Waals surface area contributed by atoms with Gasteiger partial charge in [-0.3, -0.25) is 0 Å². The molecular formula is C27H54O3. The summed E-state index contributed by atoms with van der Waals surface area (Å²) in [6.45, 7) is 23.3. The van der Waals surface area contributed by atoms with Gasteiger partial charge in [0.25, 0.3) is 0 Å². The summed E-state index contributed by atoms with van der Waals surface area (Å²) in [5.41, 5.74) is 0. The number of carbonyl (C=O) groups excluding carboxylic acids is 1. The van der Waals surface area contributed by atoms with Gasteiger partial charge >= 0.3 is 0 Å². The van der Waals surface area contributed by atoms with E-state index in [1.54, 1.807) is 6.92 Å². The quantitative estimate of drug-likeness (QED) is 0.453. The van der Waals surface area contributed by atoms with E-state index in [-0.39, 0.29) is 6.61 Å². The Morgan fingerprint density at radius 1 is 0.567 bits per heavy atom. The third-order valence-electron chi connectivity index (χ3n) is 1.53. The van der Waals surface area contributed by atoms with Crippen LogP contribution in [-0.2, 0) is 4.79 Å². The lowest BCUT2D eigenvalue weighted by molar-refractivity contribution is -0.114. The van der Waals surface area contributed by atoms with Crippen LogP contribution in [0.2, 0.25) is 0 Å². The fourth-order valence-electron chi connectivity index (χ4n) is 0.770. The Morgan fingerprint density at radius 3 is 0.667 bits per heavy atom. The van der Waals surface area contributed by atoms with Crippen LogP contribution in [0.5, 0.6) is 0 Å². The highest BCUT2D eigenvalue weighted by Crippen LogP contribution is 1.80. The minimum atomic E-state index is -0.796. The number of rotatable bonds is 1. The molecule has 2 aromatic rings. The summed E-state index contributed by atoms with van der Waals surface area (Å²) >= 11 is 0. The maximum atomic E-state index is 9.25. The smallest absolute Gasteiger partial charge is 0.148 e. The number of aldehydes is 1. The molecule has 0 aliphatic rings. The molecule has 3 nitrogen and oxygen atoms in total. The molecule has 0 aliphatic heterocycles. The lowest BCUT2D eigenvalue weighted by Crippen LogP contribution is -1.97. The molecule has 2 rings (SSSR count). The first-order valence-electron chi connectivity index (χ1n) is 11.4. The van der Waals surface area contributed by atoms with Crippen LogP contribution >= 0.6 is 0 Å². The van der Waals surface area contributed by atoms with Crippen molar-refractivity contribution in [1.82, 2.24) is 0 Å². The second-order valence-electron chi connectivity index (χ2n) is 3.50. The van der Waals surface area contributed by atoms with Crippen molar-refractivity contribution in [3.8, 4) is 0 Å². The summed E-state index contributed by atoms with van der Waals surface area (Å²) in [4.78, 5) is 9.25. The normalized spacial score (nSPS) is 7.13. The van der Waals surface area contributed by atoms with Crippen molar-refractivity contribution >= 4 is 6.29 Å². The van der Waals surface area contributed by atoms with Crippen LogP contribution in [0.1, 0.15) is 83.1 Å². The molecule has 0 radical (unpaired) electrons. The van der Waals surface area contributed by atoms with E-state index in [1.165, 1.54) is 6.92 Å². The molecule has 1 atom stereocenters. The molecular weight excluding hydrogens is 372 g/mol. The average Bonchev–Trinajstić information content (AvgIpc) is 2.89.